The minimum atomic E-state index is 1.08. The first-order valence-corrected chi connectivity index (χ1v) is 7.53. The fourth-order valence-electron chi connectivity index (χ4n) is 0.976. The predicted molar refractivity (Wildman–Crippen MR) is 79.2 cm³/mol. The van der Waals surface area contributed by atoms with Crippen molar-refractivity contribution in [2.75, 3.05) is 0 Å². The van der Waals surface area contributed by atoms with E-state index in [0.29, 0.717) is 0 Å². The van der Waals surface area contributed by atoms with Gasteiger partial charge in [-0.1, -0.05) is 0 Å². The van der Waals surface area contributed by atoms with Crippen LogP contribution in [0.3, 0.4) is 0 Å². The zero-order chi connectivity index (χ0) is 11.4. The second-order valence-electron chi connectivity index (χ2n) is 2.77. The standard InChI is InChI=1S/C10H6Br2N2S2/c11-9-3-1-7(15-9)5-13-14-6-8-2-4-10(12)16-8/h1-6H/b13-5+,14-6+. The van der Waals surface area contributed by atoms with Gasteiger partial charge in [-0.3, -0.25) is 0 Å². The maximum atomic E-state index is 3.98. The summed E-state index contributed by atoms with van der Waals surface area (Å²) < 4.78 is 2.19. The molecule has 82 valence electrons. The Bertz CT molecular complexity index is 480. The Labute approximate surface area is 118 Å². The first-order valence-electron chi connectivity index (χ1n) is 4.31. The van der Waals surface area contributed by atoms with E-state index in [4.69, 9.17) is 0 Å². The molecule has 0 saturated heterocycles. The third-order valence-corrected chi connectivity index (χ3v) is 4.74. The zero-order valence-corrected chi connectivity index (χ0v) is 12.7. The molecule has 0 amide bonds. The molecule has 0 N–H and O–H groups in total. The Morgan fingerprint density at radius 1 is 0.812 bits per heavy atom. The maximum absolute atomic E-state index is 3.98. The highest BCUT2D eigenvalue weighted by Gasteiger charge is 1.93. The molecule has 6 heteroatoms. The molecule has 0 aliphatic heterocycles. The maximum Gasteiger partial charge on any atom is 0.0705 e. The summed E-state index contributed by atoms with van der Waals surface area (Å²) in [4.78, 5) is 2.16. The molecule has 0 aliphatic rings. The van der Waals surface area contributed by atoms with Gasteiger partial charge < -0.3 is 0 Å². The molecule has 2 aromatic rings. The van der Waals surface area contributed by atoms with Gasteiger partial charge >= 0.3 is 0 Å². The molecule has 0 fully saturated rings. The van der Waals surface area contributed by atoms with Crippen LogP contribution < -0.4 is 0 Å². The normalized spacial score (nSPS) is 11.9. The van der Waals surface area contributed by atoms with E-state index >= 15 is 0 Å². The minimum Gasteiger partial charge on any atom is -0.158 e. The fourth-order valence-corrected chi connectivity index (χ4v) is 3.56. The average molecular weight is 378 g/mol. The van der Waals surface area contributed by atoms with E-state index in [9.17, 15) is 0 Å². The number of halogens is 2. The summed E-state index contributed by atoms with van der Waals surface area (Å²) in [6.45, 7) is 0. The minimum absolute atomic E-state index is 1.08. The van der Waals surface area contributed by atoms with Crippen LogP contribution in [0.1, 0.15) is 9.75 Å². The molecule has 0 aliphatic carbocycles. The van der Waals surface area contributed by atoms with Crippen LogP contribution in [0.2, 0.25) is 0 Å². The van der Waals surface area contributed by atoms with Crippen LogP contribution in [0.25, 0.3) is 0 Å². The van der Waals surface area contributed by atoms with Crippen molar-refractivity contribution in [3.63, 3.8) is 0 Å². The number of hydrogen-bond donors (Lipinski definition) is 0. The van der Waals surface area contributed by atoms with Crippen LogP contribution in [-0.4, -0.2) is 12.4 Å². The van der Waals surface area contributed by atoms with Crippen molar-refractivity contribution in [1.82, 2.24) is 0 Å². The number of rotatable bonds is 3. The Hall–Kier alpha value is -0.300. The van der Waals surface area contributed by atoms with Gasteiger partial charge in [-0.2, -0.15) is 10.2 Å². The number of nitrogens with zero attached hydrogens (tertiary/aromatic N) is 2. The quantitative estimate of drug-likeness (QED) is 0.542. The molecule has 0 spiro atoms. The highest BCUT2D eigenvalue weighted by molar-refractivity contribution is 9.11. The monoisotopic (exact) mass is 376 g/mol. The number of thiophene rings is 2. The molecule has 2 nitrogen and oxygen atoms in total. The molecule has 16 heavy (non-hydrogen) atoms. The Kier molecular flexibility index (Phi) is 4.45. The smallest absolute Gasteiger partial charge is 0.0705 e. The lowest BCUT2D eigenvalue weighted by atomic mass is 10.5. The third-order valence-electron chi connectivity index (χ3n) is 1.62. The van der Waals surface area contributed by atoms with Gasteiger partial charge in [0, 0.05) is 9.75 Å². The molecule has 2 aromatic heterocycles. The summed E-state index contributed by atoms with van der Waals surface area (Å²) in [5.41, 5.74) is 0. The average Bonchev–Trinajstić information content (AvgIpc) is 2.83. The van der Waals surface area contributed by atoms with E-state index in [2.05, 4.69) is 42.1 Å². The molecule has 2 heterocycles. The van der Waals surface area contributed by atoms with Gasteiger partial charge in [0.15, 0.2) is 0 Å². The molecule has 0 radical (unpaired) electrons. The summed E-state index contributed by atoms with van der Waals surface area (Å²) in [6.07, 6.45) is 3.49. The molecule has 0 aromatic carbocycles. The fraction of sp³-hybridized carbons (Fsp3) is 0. The lowest BCUT2D eigenvalue weighted by molar-refractivity contribution is 1.27. The highest BCUT2D eigenvalue weighted by atomic mass is 79.9. The van der Waals surface area contributed by atoms with Gasteiger partial charge in [0.2, 0.25) is 0 Å². The molecular formula is C10H6Br2N2S2. The summed E-state index contributed by atoms with van der Waals surface area (Å²) >= 11 is 10.0. The molecule has 0 atom stereocenters. The van der Waals surface area contributed by atoms with Gasteiger partial charge in [0.25, 0.3) is 0 Å². The largest absolute Gasteiger partial charge is 0.158 e. The summed E-state index contributed by atoms with van der Waals surface area (Å²) in [7, 11) is 0. The van der Waals surface area contributed by atoms with Gasteiger partial charge in [-0.25, -0.2) is 0 Å². The van der Waals surface area contributed by atoms with Crippen molar-refractivity contribution in [2.45, 2.75) is 0 Å². The molecule has 0 bridgehead atoms. The number of hydrogen-bond acceptors (Lipinski definition) is 4. The van der Waals surface area contributed by atoms with Crippen LogP contribution in [0.15, 0.2) is 42.0 Å². The van der Waals surface area contributed by atoms with E-state index in [0.717, 1.165) is 17.3 Å². The Morgan fingerprint density at radius 3 is 1.56 bits per heavy atom. The van der Waals surface area contributed by atoms with E-state index in [1.54, 1.807) is 35.1 Å². The lowest BCUT2D eigenvalue weighted by Gasteiger charge is -1.81. The zero-order valence-electron chi connectivity index (χ0n) is 7.93. The molecule has 2 rings (SSSR count). The van der Waals surface area contributed by atoms with Crippen molar-refractivity contribution in [2.24, 2.45) is 10.2 Å². The van der Waals surface area contributed by atoms with E-state index in [1.807, 2.05) is 24.3 Å². The van der Waals surface area contributed by atoms with Crippen LogP contribution >= 0.6 is 54.5 Å². The van der Waals surface area contributed by atoms with Crippen molar-refractivity contribution >= 4 is 67.0 Å². The van der Waals surface area contributed by atoms with Crippen LogP contribution in [0.5, 0.6) is 0 Å². The predicted octanol–water partition coefficient (Wildman–Crippen LogP) is 4.79. The highest BCUT2D eigenvalue weighted by Crippen LogP contribution is 2.21. The first-order chi connectivity index (χ1) is 7.74. The van der Waals surface area contributed by atoms with Crippen LogP contribution in [0, 0.1) is 0 Å². The van der Waals surface area contributed by atoms with Crippen molar-refractivity contribution < 1.29 is 0 Å². The summed E-state index contributed by atoms with van der Waals surface area (Å²) in [6, 6.07) is 7.98. The van der Waals surface area contributed by atoms with Crippen molar-refractivity contribution in [3.05, 3.63) is 41.6 Å². The second-order valence-corrected chi connectivity index (χ2v) is 7.76. The van der Waals surface area contributed by atoms with E-state index < -0.39 is 0 Å². The van der Waals surface area contributed by atoms with Gasteiger partial charge in [0.1, 0.15) is 0 Å². The lowest BCUT2D eigenvalue weighted by Crippen LogP contribution is -1.72. The Morgan fingerprint density at radius 2 is 1.25 bits per heavy atom. The Balaban J connectivity index is 1.96. The first kappa shape index (κ1) is 12.2. The van der Waals surface area contributed by atoms with Crippen molar-refractivity contribution in [3.8, 4) is 0 Å². The van der Waals surface area contributed by atoms with Gasteiger partial charge in [-0.05, 0) is 56.1 Å². The summed E-state index contributed by atoms with van der Waals surface area (Å²) in [5, 5.41) is 7.97. The van der Waals surface area contributed by atoms with E-state index in [-0.39, 0.29) is 0 Å². The second kappa shape index (κ2) is 5.86. The van der Waals surface area contributed by atoms with Gasteiger partial charge in [-0.15, -0.1) is 22.7 Å². The topological polar surface area (TPSA) is 24.7 Å². The SMILES string of the molecule is Brc1ccc(/C=N/N=C/c2ccc(Br)s2)s1. The molecule has 0 saturated carbocycles. The molecule has 0 unspecified atom stereocenters. The van der Waals surface area contributed by atoms with Gasteiger partial charge in [0.05, 0.1) is 20.0 Å². The van der Waals surface area contributed by atoms with E-state index in [1.165, 1.54) is 0 Å². The summed E-state index contributed by atoms with van der Waals surface area (Å²) in [5.74, 6) is 0. The molecular weight excluding hydrogens is 372 g/mol. The van der Waals surface area contributed by atoms with Crippen LogP contribution in [0.4, 0.5) is 0 Å². The third kappa shape index (κ3) is 3.62. The van der Waals surface area contributed by atoms with Crippen LogP contribution in [-0.2, 0) is 0 Å². The van der Waals surface area contributed by atoms with Crippen molar-refractivity contribution in [1.29, 1.82) is 0 Å².